The van der Waals surface area contributed by atoms with Crippen LogP contribution in [0.15, 0.2) is 12.7 Å². The van der Waals surface area contributed by atoms with Gasteiger partial charge in [-0.2, -0.15) is 0 Å². The lowest BCUT2D eigenvalue weighted by molar-refractivity contribution is -0.193. The monoisotopic (exact) mass is 269 g/mol. The third-order valence-electron chi connectivity index (χ3n) is 3.98. The highest BCUT2D eigenvalue weighted by atomic mass is 16.6. The molecule has 2 aliphatic rings. The highest BCUT2D eigenvalue weighted by Gasteiger charge is 2.59. The van der Waals surface area contributed by atoms with Crippen LogP contribution in [-0.4, -0.2) is 52.5 Å². The molecular formula is C13H19NO5. The number of nitrogens with zero attached hydrogens (tertiary/aromatic N) is 1. The molecule has 0 aromatic carbocycles. The SMILES string of the molecule is C=CCOC(=O)N1CCCC2(C1)CC(O)(C(=O)O)C2. The van der Waals surface area contributed by atoms with Crippen LogP contribution >= 0.6 is 0 Å². The van der Waals surface area contributed by atoms with Crippen molar-refractivity contribution in [3.05, 3.63) is 12.7 Å². The first kappa shape index (κ1) is 13.9. The molecule has 19 heavy (non-hydrogen) atoms. The van der Waals surface area contributed by atoms with E-state index in [0.717, 1.165) is 12.8 Å². The smallest absolute Gasteiger partial charge is 0.410 e. The van der Waals surface area contributed by atoms with Gasteiger partial charge in [0.2, 0.25) is 0 Å². The fraction of sp³-hybridized carbons (Fsp3) is 0.692. The number of aliphatic hydroxyl groups is 1. The third kappa shape index (κ3) is 2.58. The maximum Gasteiger partial charge on any atom is 0.410 e. The van der Waals surface area contributed by atoms with Gasteiger partial charge in [-0.1, -0.05) is 12.7 Å². The normalized spacial score (nSPS) is 33.6. The second-order valence-electron chi connectivity index (χ2n) is 5.58. The molecule has 1 saturated carbocycles. The number of ether oxygens (including phenoxy) is 1. The largest absolute Gasteiger partial charge is 0.479 e. The topological polar surface area (TPSA) is 87.1 Å². The average Bonchev–Trinajstić information content (AvgIpc) is 2.34. The molecule has 1 aliphatic heterocycles. The van der Waals surface area contributed by atoms with Gasteiger partial charge >= 0.3 is 12.1 Å². The van der Waals surface area contributed by atoms with Gasteiger partial charge < -0.3 is 19.8 Å². The van der Waals surface area contributed by atoms with E-state index in [1.54, 1.807) is 4.90 Å². The van der Waals surface area contributed by atoms with Gasteiger partial charge in [0.25, 0.3) is 0 Å². The molecule has 0 aromatic rings. The van der Waals surface area contributed by atoms with E-state index in [0.29, 0.717) is 13.1 Å². The van der Waals surface area contributed by atoms with Crippen LogP contribution in [0.3, 0.4) is 0 Å². The highest BCUT2D eigenvalue weighted by Crippen LogP contribution is 2.53. The minimum Gasteiger partial charge on any atom is -0.479 e. The fourth-order valence-corrected chi connectivity index (χ4v) is 3.21. The van der Waals surface area contributed by atoms with Crippen LogP contribution in [0.25, 0.3) is 0 Å². The van der Waals surface area contributed by atoms with Crippen molar-refractivity contribution in [2.24, 2.45) is 5.41 Å². The summed E-state index contributed by atoms with van der Waals surface area (Å²) in [7, 11) is 0. The number of piperidine rings is 1. The van der Waals surface area contributed by atoms with Crippen molar-refractivity contribution in [1.29, 1.82) is 0 Å². The molecule has 106 valence electrons. The predicted molar refractivity (Wildman–Crippen MR) is 66.6 cm³/mol. The molecule has 1 spiro atoms. The molecule has 2 rings (SSSR count). The van der Waals surface area contributed by atoms with E-state index in [4.69, 9.17) is 9.84 Å². The van der Waals surface area contributed by atoms with Crippen molar-refractivity contribution in [1.82, 2.24) is 4.90 Å². The third-order valence-corrected chi connectivity index (χ3v) is 3.98. The van der Waals surface area contributed by atoms with Crippen molar-refractivity contribution in [3.8, 4) is 0 Å². The van der Waals surface area contributed by atoms with E-state index in [2.05, 4.69) is 6.58 Å². The fourth-order valence-electron chi connectivity index (χ4n) is 3.21. The Labute approximate surface area is 111 Å². The van der Waals surface area contributed by atoms with Crippen LogP contribution in [0, 0.1) is 5.41 Å². The zero-order valence-electron chi connectivity index (χ0n) is 10.8. The zero-order chi connectivity index (χ0) is 14.1. The molecule has 1 saturated heterocycles. The molecule has 2 N–H and O–H groups in total. The molecule has 6 nitrogen and oxygen atoms in total. The Bertz CT molecular complexity index is 400. The summed E-state index contributed by atoms with van der Waals surface area (Å²) < 4.78 is 4.98. The van der Waals surface area contributed by atoms with Crippen molar-refractivity contribution in [2.45, 2.75) is 31.3 Å². The standard InChI is InChI=1S/C13H19NO5/c1-2-6-19-11(17)14-5-3-4-12(9-14)7-13(18,8-12)10(15)16/h2,18H,1,3-9H2,(H,15,16). The summed E-state index contributed by atoms with van der Waals surface area (Å²) in [5.41, 5.74) is -1.88. The number of likely N-dealkylation sites (tertiary alicyclic amines) is 1. The van der Waals surface area contributed by atoms with E-state index in [9.17, 15) is 14.7 Å². The summed E-state index contributed by atoms with van der Waals surface area (Å²) in [5, 5.41) is 18.8. The Morgan fingerprint density at radius 2 is 2.11 bits per heavy atom. The maximum absolute atomic E-state index is 11.8. The number of hydrogen-bond donors (Lipinski definition) is 2. The second kappa shape index (κ2) is 4.85. The Hall–Kier alpha value is -1.56. The van der Waals surface area contributed by atoms with Gasteiger partial charge in [-0.3, -0.25) is 0 Å². The van der Waals surface area contributed by atoms with Crippen LogP contribution in [0.5, 0.6) is 0 Å². The molecule has 0 atom stereocenters. The van der Waals surface area contributed by atoms with Crippen molar-refractivity contribution in [2.75, 3.05) is 19.7 Å². The van der Waals surface area contributed by atoms with E-state index in [-0.39, 0.29) is 24.9 Å². The number of carboxylic acids is 1. The molecular weight excluding hydrogens is 250 g/mol. The van der Waals surface area contributed by atoms with Gasteiger partial charge in [0.1, 0.15) is 6.61 Å². The van der Waals surface area contributed by atoms with E-state index in [1.807, 2.05) is 0 Å². The van der Waals surface area contributed by atoms with E-state index < -0.39 is 17.7 Å². The summed E-state index contributed by atoms with van der Waals surface area (Å²) in [6.07, 6.45) is 3.17. The lowest BCUT2D eigenvalue weighted by Gasteiger charge is -2.54. The van der Waals surface area contributed by atoms with Crippen molar-refractivity contribution < 1.29 is 24.5 Å². The van der Waals surface area contributed by atoms with Crippen LogP contribution < -0.4 is 0 Å². The summed E-state index contributed by atoms with van der Waals surface area (Å²) in [5.74, 6) is -1.18. The number of carboxylic acid groups (broad SMARTS) is 1. The van der Waals surface area contributed by atoms with Crippen molar-refractivity contribution >= 4 is 12.1 Å². The molecule has 1 heterocycles. The number of carbonyl (C=O) groups excluding carboxylic acids is 1. The molecule has 0 radical (unpaired) electrons. The minimum atomic E-state index is -1.62. The zero-order valence-corrected chi connectivity index (χ0v) is 10.8. The van der Waals surface area contributed by atoms with Crippen LogP contribution in [0.4, 0.5) is 4.79 Å². The molecule has 1 aliphatic carbocycles. The molecule has 0 unspecified atom stereocenters. The van der Waals surface area contributed by atoms with E-state index >= 15 is 0 Å². The molecule has 2 fully saturated rings. The molecule has 0 bridgehead atoms. The summed E-state index contributed by atoms with van der Waals surface area (Å²) in [6.45, 7) is 4.72. The van der Waals surface area contributed by atoms with Gasteiger partial charge in [0, 0.05) is 13.1 Å². The summed E-state index contributed by atoms with van der Waals surface area (Å²) in [4.78, 5) is 24.3. The van der Waals surface area contributed by atoms with Crippen LogP contribution in [0.2, 0.25) is 0 Å². The Morgan fingerprint density at radius 3 is 2.68 bits per heavy atom. The van der Waals surface area contributed by atoms with E-state index in [1.165, 1.54) is 6.08 Å². The minimum absolute atomic E-state index is 0.168. The molecule has 0 aromatic heterocycles. The van der Waals surface area contributed by atoms with Gasteiger partial charge in [-0.25, -0.2) is 9.59 Å². The Morgan fingerprint density at radius 1 is 1.42 bits per heavy atom. The van der Waals surface area contributed by atoms with Gasteiger partial charge in [-0.05, 0) is 31.1 Å². The number of hydrogen-bond acceptors (Lipinski definition) is 4. The number of aliphatic carboxylic acids is 1. The number of rotatable bonds is 3. The van der Waals surface area contributed by atoms with Crippen molar-refractivity contribution in [3.63, 3.8) is 0 Å². The highest BCUT2D eigenvalue weighted by molar-refractivity contribution is 5.79. The van der Waals surface area contributed by atoms with Gasteiger partial charge in [0.05, 0.1) is 0 Å². The second-order valence-corrected chi connectivity index (χ2v) is 5.58. The first-order valence-corrected chi connectivity index (χ1v) is 6.39. The lowest BCUT2D eigenvalue weighted by Crippen LogP contribution is -2.62. The van der Waals surface area contributed by atoms with Gasteiger partial charge in [-0.15, -0.1) is 0 Å². The summed E-state index contributed by atoms with van der Waals surface area (Å²) >= 11 is 0. The first-order valence-electron chi connectivity index (χ1n) is 6.39. The summed E-state index contributed by atoms with van der Waals surface area (Å²) in [6, 6.07) is 0. The number of amides is 1. The maximum atomic E-state index is 11.8. The molecule has 6 heteroatoms. The Balaban J connectivity index is 1.94. The van der Waals surface area contributed by atoms with Crippen LogP contribution in [0.1, 0.15) is 25.7 Å². The van der Waals surface area contributed by atoms with Crippen LogP contribution in [-0.2, 0) is 9.53 Å². The lowest BCUT2D eigenvalue weighted by atomic mass is 9.56. The predicted octanol–water partition coefficient (Wildman–Crippen LogP) is 1.00. The quantitative estimate of drug-likeness (QED) is 0.746. The first-order chi connectivity index (χ1) is 8.91. The molecule has 1 amide bonds. The van der Waals surface area contributed by atoms with Gasteiger partial charge in [0.15, 0.2) is 5.60 Å². The average molecular weight is 269 g/mol. The Kier molecular flexibility index (Phi) is 3.54. The number of carbonyl (C=O) groups is 2.